The highest BCUT2D eigenvalue weighted by Gasteiger charge is 2.22. The third-order valence-corrected chi connectivity index (χ3v) is 5.52. The number of nitrogens with one attached hydrogen (secondary N) is 2. The average Bonchev–Trinajstić information content (AvgIpc) is 3.27. The lowest BCUT2D eigenvalue weighted by Crippen LogP contribution is -2.33. The van der Waals surface area contributed by atoms with Crippen LogP contribution in [0, 0.1) is 0 Å². The van der Waals surface area contributed by atoms with Gasteiger partial charge in [-0.25, -0.2) is 9.78 Å². The van der Waals surface area contributed by atoms with Crippen molar-refractivity contribution in [3.8, 4) is 0 Å². The number of carbonyl (C=O) groups excluding carboxylic acids is 1. The molecule has 0 unspecified atom stereocenters. The van der Waals surface area contributed by atoms with E-state index in [1.807, 2.05) is 42.5 Å². The third-order valence-electron chi connectivity index (χ3n) is 5.52. The van der Waals surface area contributed by atoms with Gasteiger partial charge in [-0.1, -0.05) is 37.3 Å². The summed E-state index contributed by atoms with van der Waals surface area (Å²) in [6.45, 7) is 3.63. The molecule has 1 aliphatic heterocycles. The zero-order valence-corrected chi connectivity index (χ0v) is 17.2. The van der Waals surface area contributed by atoms with Gasteiger partial charge < -0.3 is 15.5 Å². The van der Waals surface area contributed by atoms with E-state index in [0.29, 0.717) is 5.78 Å². The molecule has 8 nitrogen and oxygen atoms in total. The van der Waals surface area contributed by atoms with E-state index < -0.39 is 0 Å². The Morgan fingerprint density at radius 3 is 2.81 bits per heavy atom. The van der Waals surface area contributed by atoms with Crippen molar-refractivity contribution >= 4 is 29.0 Å². The molecule has 156 valence electrons. The molecular formula is C23H23N7O. The van der Waals surface area contributed by atoms with E-state index in [4.69, 9.17) is 0 Å². The number of nitrogens with zero attached hydrogens (tertiary/aromatic N) is 5. The second-order valence-corrected chi connectivity index (χ2v) is 7.49. The van der Waals surface area contributed by atoms with Crippen LogP contribution in [0.2, 0.25) is 0 Å². The van der Waals surface area contributed by atoms with Crippen LogP contribution in [0.3, 0.4) is 0 Å². The zero-order valence-electron chi connectivity index (χ0n) is 17.2. The third kappa shape index (κ3) is 3.79. The van der Waals surface area contributed by atoms with E-state index in [1.165, 1.54) is 17.5 Å². The van der Waals surface area contributed by atoms with Crippen LogP contribution in [0.25, 0.3) is 5.78 Å². The summed E-state index contributed by atoms with van der Waals surface area (Å²) in [6.07, 6.45) is 3.19. The van der Waals surface area contributed by atoms with Gasteiger partial charge in [-0.05, 0) is 42.2 Å². The molecule has 0 bridgehead atoms. The second-order valence-electron chi connectivity index (χ2n) is 7.49. The second kappa shape index (κ2) is 8.06. The normalized spacial score (nSPS) is 13.1. The molecule has 0 fully saturated rings. The molecule has 0 radical (unpaired) electrons. The van der Waals surface area contributed by atoms with Crippen molar-refractivity contribution in [3.05, 3.63) is 77.7 Å². The molecule has 31 heavy (non-hydrogen) atoms. The van der Waals surface area contributed by atoms with Crippen LogP contribution in [0.15, 0.2) is 60.9 Å². The van der Waals surface area contributed by atoms with Crippen molar-refractivity contribution in [2.24, 2.45) is 0 Å². The van der Waals surface area contributed by atoms with Gasteiger partial charge in [0.25, 0.3) is 5.78 Å². The zero-order chi connectivity index (χ0) is 21.2. The number of rotatable bonds is 4. The van der Waals surface area contributed by atoms with E-state index in [9.17, 15) is 4.79 Å². The number of carbonyl (C=O) groups is 1. The number of benzene rings is 2. The molecule has 2 aromatic carbocycles. The lowest BCUT2D eigenvalue weighted by atomic mass is 9.97. The molecule has 2 aromatic heterocycles. The van der Waals surface area contributed by atoms with Crippen LogP contribution in [-0.4, -0.2) is 32.2 Å². The highest BCUT2D eigenvalue weighted by molar-refractivity contribution is 6.00. The van der Waals surface area contributed by atoms with Gasteiger partial charge in [0.15, 0.2) is 0 Å². The first-order chi connectivity index (χ1) is 15.2. The Bertz CT molecular complexity index is 1240. The SMILES string of the molecule is CCc1cc(N2CCc3c(cccc3NC(=O)Nc3ccccc3)C2)n2ncnc2n1. The summed E-state index contributed by atoms with van der Waals surface area (Å²) in [7, 11) is 0. The van der Waals surface area contributed by atoms with E-state index in [-0.39, 0.29) is 6.03 Å². The molecule has 5 rings (SSSR count). The smallest absolute Gasteiger partial charge is 0.323 e. The fourth-order valence-electron chi connectivity index (χ4n) is 3.98. The van der Waals surface area contributed by atoms with E-state index in [0.717, 1.165) is 48.8 Å². The number of fused-ring (bicyclic) bond motifs is 2. The Morgan fingerprint density at radius 2 is 1.97 bits per heavy atom. The highest BCUT2D eigenvalue weighted by Crippen LogP contribution is 2.29. The van der Waals surface area contributed by atoms with Crippen LogP contribution in [-0.2, 0) is 19.4 Å². The Balaban J connectivity index is 1.38. The van der Waals surface area contributed by atoms with Gasteiger partial charge in [0.2, 0.25) is 0 Å². The Kier molecular flexibility index (Phi) is 4.95. The predicted molar refractivity (Wildman–Crippen MR) is 120 cm³/mol. The van der Waals surface area contributed by atoms with Crippen molar-refractivity contribution in [2.75, 3.05) is 22.1 Å². The van der Waals surface area contributed by atoms with E-state index >= 15 is 0 Å². The number of aromatic nitrogens is 4. The first kappa shape index (κ1) is 19.0. The first-order valence-corrected chi connectivity index (χ1v) is 10.4. The summed E-state index contributed by atoms with van der Waals surface area (Å²) in [5.74, 6) is 1.61. The van der Waals surface area contributed by atoms with Crippen molar-refractivity contribution in [3.63, 3.8) is 0 Å². The van der Waals surface area contributed by atoms with Gasteiger partial charge in [-0.15, -0.1) is 0 Å². The average molecular weight is 413 g/mol. The summed E-state index contributed by atoms with van der Waals surface area (Å²) in [4.78, 5) is 23.6. The fourth-order valence-corrected chi connectivity index (χ4v) is 3.98. The number of hydrogen-bond donors (Lipinski definition) is 2. The van der Waals surface area contributed by atoms with Crippen molar-refractivity contribution in [1.29, 1.82) is 0 Å². The Labute approximate surface area is 179 Å². The van der Waals surface area contributed by atoms with Gasteiger partial charge in [0.1, 0.15) is 12.1 Å². The van der Waals surface area contributed by atoms with Crippen LogP contribution in [0.1, 0.15) is 23.7 Å². The number of para-hydroxylation sites is 1. The monoisotopic (exact) mass is 413 g/mol. The molecule has 0 aliphatic carbocycles. The predicted octanol–water partition coefficient (Wildman–Crippen LogP) is 3.89. The number of amides is 2. The number of aryl methyl sites for hydroxylation is 1. The van der Waals surface area contributed by atoms with Crippen molar-refractivity contribution in [1.82, 2.24) is 19.6 Å². The largest absolute Gasteiger partial charge is 0.352 e. The van der Waals surface area contributed by atoms with Gasteiger partial charge >= 0.3 is 6.03 Å². The number of urea groups is 1. The van der Waals surface area contributed by atoms with Crippen LogP contribution >= 0.6 is 0 Å². The maximum Gasteiger partial charge on any atom is 0.323 e. The number of hydrogen-bond acceptors (Lipinski definition) is 5. The summed E-state index contributed by atoms with van der Waals surface area (Å²) >= 11 is 0. The molecule has 8 heteroatoms. The van der Waals surface area contributed by atoms with Crippen molar-refractivity contribution < 1.29 is 4.79 Å². The maximum atomic E-state index is 12.5. The van der Waals surface area contributed by atoms with Gasteiger partial charge in [-0.3, -0.25) is 0 Å². The van der Waals surface area contributed by atoms with Gasteiger partial charge in [0.05, 0.1) is 0 Å². The van der Waals surface area contributed by atoms with E-state index in [1.54, 1.807) is 4.52 Å². The van der Waals surface area contributed by atoms with E-state index in [2.05, 4.69) is 49.7 Å². The first-order valence-electron chi connectivity index (χ1n) is 10.4. The van der Waals surface area contributed by atoms with Crippen LogP contribution in [0.4, 0.5) is 22.0 Å². The lowest BCUT2D eigenvalue weighted by molar-refractivity contribution is 0.262. The molecule has 4 aromatic rings. The summed E-state index contributed by atoms with van der Waals surface area (Å²) in [6, 6.07) is 17.3. The topological polar surface area (TPSA) is 87.5 Å². The molecule has 3 heterocycles. The quantitative estimate of drug-likeness (QED) is 0.530. The Hall–Kier alpha value is -3.94. The van der Waals surface area contributed by atoms with Crippen LogP contribution in [0.5, 0.6) is 0 Å². The summed E-state index contributed by atoms with van der Waals surface area (Å²) in [5, 5.41) is 10.2. The molecule has 2 amide bonds. The minimum Gasteiger partial charge on any atom is -0.352 e. The molecule has 0 atom stereocenters. The van der Waals surface area contributed by atoms with Gasteiger partial charge in [-0.2, -0.15) is 14.6 Å². The molecule has 2 N–H and O–H groups in total. The Morgan fingerprint density at radius 1 is 1.10 bits per heavy atom. The van der Waals surface area contributed by atoms with Crippen molar-refractivity contribution in [2.45, 2.75) is 26.3 Å². The summed E-state index contributed by atoms with van der Waals surface area (Å²) < 4.78 is 1.79. The summed E-state index contributed by atoms with van der Waals surface area (Å²) in [5.41, 5.74) is 4.96. The fraction of sp³-hybridized carbons (Fsp3) is 0.217. The molecular weight excluding hydrogens is 390 g/mol. The minimum absolute atomic E-state index is 0.243. The lowest BCUT2D eigenvalue weighted by Gasteiger charge is -2.32. The van der Waals surface area contributed by atoms with Gasteiger partial charge in [0, 0.05) is 36.2 Å². The molecule has 1 aliphatic rings. The number of anilines is 3. The maximum absolute atomic E-state index is 12.5. The standard InChI is InChI=1S/C23H23N7O/c1-2-17-13-21(30-22(26-17)24-15-25-30)29-12-11-19-16(14-29)7-6-10-20(19)28-23(31)27-18-8-4-3-5-9-18/h3-10,13,15H,2,11-12,14H2,1H3,(H2,27,28,31). The molecule has 0 saturated heterocycles. The highest BCUT2D eigenvalue weighted by atomic mass is 16.2. The molecule has 0 saturated carbocycles. The van der Waals surface area contributed by atoms with Crippen LogP contribution < -0.4 is 15.5 Å². The minimum atomic E-state index is -0.243. The molecule has 0 spiro atoms.